The van der Waals surface area contributed by atoms with Crippen LogP contribution in [-0.2, 0) is 15.9 Å². The number of hydrogen-bond donors (Lipinski definition) is 1. The predicted molar refractivity (Wildman–Crippen MR) is 190 cm³/mol. The molecular formula is C39H55N5O2. The number of ether oxygens (including phenoxy) is 2. The maximum Gasteiger partial charge on any atom is 0.211 e. The molecule has 0 aliphatic carbocycles. The predicted octanol–water partition coefficient (Wildman–Crippen LogP) is 6.67. The first-order valence-electron chi connectivity index (χ1n) is 18.1. The third kappa shape index (κ3) is 6.11. The summed E-state index contributed by atoms with van der Waals surface area (Å²) in [6.07, 6.45) is 12.5. The molecule has 0 amide bonds. The van der Waals surface area contributed by atoms with Crippen LogP contribution >= 0.6 is 0 Å². The van der Waals surface area contributed by atoms with Gasteiger partial charge in [-0.1, -0.05) is 44.2 Å². The fraction of sp³-hybridized carbons (Fsp3) is 0.615. The molecule has 46 heavy (non-hydrogen) atoms. The van der Waals surface area contributed by atoms with Crippen molar-refractivity contribution in [3.63, 3.8) is 0 Å². The standard InChI is InChI=1S/C39H55N5O2/c1-5-10-36(46-27-39-19-9-21-44(39)33(17-20-39)26-45-4)41-38(43-24-31-15-16-32(25-43)40-31)34-18-22-42(23-28(34)3)35-14-8-13-30-12-7-11-29(6-2)37(30)35/h7-8,10-14,31-33,40H,5-6,9,15-27H2,1-4H3/b36-10-,41-38+/t31?,32?,33-,39?/m1/s1. The fourth-order valence-corrected chi connectivity index (χ4v) is 9.29. The summed E-state index contributed by atoms with van der Waals surface area (Å²) in [5.74, 6) is 1.97. The minimum Gasteiger partial charge on any atom is -0.476 e. The molecule has 5 aliphatic heterocycles. The molecule has 0 aromatic heterocycles. The molecular weight excluding hydrogens is 570 g/mol. The average molecular weight is 626 g/mol. The zero-order chi connectivity index (χ0) is 31.7. The van der Waals surface area contributed by atoms with Crippen LogP contribution in [0.5, 0.6) is 0 Å². The SMILES string of the molecule is CC/C=C(/N=C(\C1=C(C)CN(c2cccc3cccc(CC)c23)CC1)N1CC2CCC(C1)N2)OCC12CCCN1[C@@H](COC)CC2. The van der Waals surface area contributed by atoms with Crippen molar-refractivity contribution in [3.8, 4) is 0 Å². The van der Waals surface area contributed by atoms with Gasteiger partial charge in [0.25, 0.3) is 0 Å². The number of allylic oxidation sites excluding steroid dienone is 1. The summed E-state index contributed by atoms with van der Waals surface area (Å²) in [5, 5.41) is 6.60. The topological polar surface area (TPSA) is 52.6 Å². The maximum absolute atomic E-state index is 6.79. The molecule has 7 heteroatoms. The first kappa shape index (κ1) is 31.7. The first-order chi connectivity index (χ1) is 22.5. The number of amidine groups is 1. The summed E-state index contributed by atoms with van der Waals surface area (Å²) in [4.78, 5) is 13.4. The Morgan fingerprint density at radius 3 is 2.59 bits per heavy atom. The average Bonchev–Trinajstić information content (AvgIpc) is 3.75. The van der Waals surface area contributed by atoms with Gasteiger partial charge in [-0.15, -0.1) is 0 Å². The van der Waals surface area contributed by atoms with Crippen LogP contribution in [0, 0.1) is 0 Å². The van der Waals surface area contributed by atoms with Crippen molar-refractivity contribution in [2.24, 2.45) is 4.99 Å². The number of fused-ring (bicyclic) bond motifs is 4. The Hall–Kier alpha value is -2.87. The monoisotopic (exact) mass is 625 g/mol. The number of nitrogens with zero attached hydrogens (tertiary/aromatic N) is 4. The van der Waals surface area contributed by atoms with E-state index >= 15 is 0 Å². The lowest BCUT2D eigenvalue weighted by atomic mass is 9.95. The summed E-state index contributed by atoms with van der Waals surface area (Å²) < 4.78 is 12.4. The Labute approximate surface area is 276 Å². The second-order valence-corrected chi connectivity index (χ2v) is 14.5. The Morgan fingerprint density at radius 2 is 1.85 bits per heavy atom. The van der Waals surface area contributed by atoms with Crippen LogP contribution in [0.4, 0.5) is 5.69 Å². The van der Waals surface area contributed by atoms with Gasteiger partial charge in [-0.2, -0.15) is 4.99 Å². The van der Waals surface area contributed by atoms with Crippen molar-refractivity contribution in [3.05, 3.63) is 65.1 Å². The van der Waals surface area contributed by atoms with Crippen molar-refractivity contribution in [1.82, 2.24) is 15.1 Å². The van der Waals surface area contributed by atoms with E-state index in [-0.39, 0.29) is 5.54 Å². The van der Waals surface area contributed by atoms with E-state index in [1.165, 1.54) is 71.7 Å². The third-order valence-corrected chi connectivity index (χ3v) is 11.5. The second-order valence-electron chi connectivity index (χ2n) is 14.5. The summed E-state index contributed by atoms with van der Waals surface area (Å²) in [5.41, 5.74) is 5.76. The number of piperazine rings is 1. The van der Waals surface area contributed by atoms with Gasteiger partial charge < -0.3 is 24.6 Å². The lowest BCUT2D eigenvalue weighted by Gasteiger charge is -2.39. The van der Waals surface area contributed by atoms with Crippen molar-refractivity contribution in [1.29, 1.82) is 0 Å². The van der Waals surface area contributed by atoms with Gasteiger partial charge in [0.05, 0.1) is 12.1 Å². The molecule has 7 nitrogen and oxygen atoms in total. The molecule has 0 spiro atoms. The van der Waals surface area contributed by atoms with Gasteiger partial charge in [0.2, 0.25) is 5.88 Å². The fourth-order valence-electron chi connectivity index (χ4n) is 9.29. The number of likely N-dealkylation sites (tertiary alicyclic amines) is 1. The van der Waals surface area contributed by atoms with Crippen LogP contribution in [0.15, 0.2) is 64.5 Å². The minimum atomic E-state index is 0.121. The highest BCUT2D eigenvalue weighted by atomic mass is 16.5. The maximum atomic E-state index is 6.79. The van der Waals surface area contributed by atoms with Crippen LogP contribution in [0.25, 0.3) is 10.8 Å². The second kappa shape index (κ2) is 13.7. The molecule has 0 radical (unpaired) electrons. The lowest BCUT2D eigenvalue weighted by molar-refractivity contribution is 0.0339. The molecule has 248 valence electrons. The summed E-state index contributed by atoms with van der Waals surface area (Å²) >= 11 is 0. The zero-order valence-electron chi connectivity index (χ0n) is 28.7. The van der Waals surface area contributed by atoms with Gasteiger partial charge in [0.1, 0.15) is 12.4 Å². The van der Waals surface area contributed by atoms with E-state index in [0.717, 1.165) is 76.9 Å². The van der Waals surface area contributed by atoms with Crippen LogP contribution < -0.4 is 10.2 Å². The zero-order valence-corrected chi connectivity index (χ0v) is 28.7. The molecule has 2 aromatic carbocycles. The number of rotatable bonds is 10. The molecule has 7 rings (SSSR count). The van der Waals surface area contributed by atoms with Gasteiger partial charge in [0.15, 0.2) is 0 Å². The van der Waals surface area contributed by atoms with Crippen molar-refractivity contribution in [2.45, 2.75) is 102 Å². The molecule has 4 atom stereocenters. The van der Waals surface area contributed by atoms with Gasteiger partial charge in [-0.05, 0) is 105 Å². The Morgan fingerprint density at radius 1 is 1.04 bits per heavy atom. The number of nitrogens with one attached hydrogen (secondary N) is 1. The number of anilines is 1. The number of methoxy groups -OCH3 is 1. The Kier molecular flexibility index (Phi) is 9.44. The highest BCUT2D eigenvalue weighted by molar-refractivity contribution is 6.01. The van der Waals surface area contributed by atoms with Crippen molar-refractivity contribution < 1.29 is 9.47 Å². The largest absolute Gasteiger partial charge is 0.476 e. The lowest BCUT2D eigenvalue weighted by Crippen LogP contribution is -2.54. The Balaban J connectivity index is 1.18. The van der Waals surface area contributed by atoms with E-state index in [0.29, 0.717) is 18.1 Å². The molecule has 1 N–H and O–H groups in total. The molecule has 2 bridgehead atoms. The van der Waals surface area contributed by atoms with Crippen LogP contribution in [0.2, 0.25) is 0 Å². The van der Waals surface area contributed by atoms with Gasteiger partial charge in [0, 0.05) is 62.5 Å². The molecule has 4 saturated heterocycles. The molecule has 5 aliphatic rings. The number of hydrogen-bond acceptors (Lipinski definition) is 6. The highest BCUT2D eigenvalue weighted by Gasteiger charge is 2.49. The summed E-state index contributed by atoms with van der Waals surface area (Å²) in [6, 6.07) is 15.2. The quantitative estimate of drug-likeness (QED) is 0.181. The summed E-state index contributed by atoms with van der Waals surface area (Å²) in [7, 11) is 1.83. The third-order valence-electron chi connectivity index (χ3n) is 11.5. The first-order valence-corrected chi connectivity index (χ1v) is 18.1. The van der Waals surface area contributed by atoms with Gasteiger partial charge >= 0.3 is 0 Å². The summed E-state index contributed by atoms with van der Waals surface area (Å²) in [6.45, 7) is 13.5. The molecule has 4 fully saturated rings. The Bertz CT molecular complexity index is 1480. The molecule has 3 unspecified atom stereocenters. The molecule has 2 aromatic rings. The van der Waals surface area contributed by atoms with E-state index in [1.54, 1.807) is 0 Å². The number of benzene rings is 2. The van der Waals surface area contributed by atoms with E-state index in [4.69, 9.17) is 14.5 Å². The van der Waals surface area contributed by atoms with E-state index < -0.39 is 0 Å². The van der Waals surface area contributed by atoms with Crippen LogP contribution in [-0.4, -0.2) is 92.3 Å². The minimum absolute atomic E-state index is 0.121. The van der Waals surface area contributed by atoms with Gasteiger partial charge in [-0.3, -0.25) is 4.90 Å². The molecule has 0 saturated carbocycles. The van der Waals surface area contributed by atoms with E-state index in [1.807, 2.05) is 7.11 Å². The highest BCUT2D eigenvalue weighted by Crippen LogP contribution is 2.43. The van der Waals surface area contributed by atoms with Crippen LogP contribution in [0.3, 0.4) is 0 Å². The number of aryl methyl sites for hydroxylation is 1. The van der Waals surface area contributed by atoms with Crippen molar-refractivity contribution >= 4 is 22.3 Å². The van der Waals surface area contributed by atoms with E-state index in [9.17, 15) is 0 Å². The van der Waals surface area contributed by atoms with E-state index in [2.05, 4.69) is 83.3 Å². The molecule has 5 heterocycles. The number of aliphatic imine (C=N–C) groups is 1. The van der Waals surface area contributed by atoms with Gasteiger partial charge in [-0.25, -0.2) is 0 Å². The normalized spacial score (nSPS) is 28.9. The van der Waals surface area contributed by atoms with Crippen molar-refractivity contribution in [2.75, 3.05) is 57.9 Å². The van der Waals surface area contributed by atoms with Crippen LogP contribution in [0.1, 0.15) is 77.7 Å². The smallest absolute Gasteiger partial charge is 0.211 e.